The summed E-state index contributed by atoms with van der Waals surface area (Å²) in [5.74, 6) is -1.06. The van der Waals surface area contributed by atoms with Crippen LogP contribution in [0.25, 0.3) is 10.8 Å². The average Bonchev–Trinajstić information content (AvgIpc) is 2.67. The molecule has 3 N–H and O–H groups in total. The van der Waals surface area contributed by atoms with E-state index in [1.807, 2.05) is 24.3 Å². The smallest absolute Gasteiger partial charge is 0.335 e. The molecule has 0 fully saturated rings. The number of hydrogen-bond donors (Lipinski definition) is 3. The molecule has 0 saturated heterocycles. The Labute approximate surface area is 174 Å². The maximum Gasteiger partial charge on any atom is 0.335 e. The Kier molecular flexibility index (Phi) is 5.91. The number of benzene rings is 3. The third-order valence-electron chi connectivity index (χ3n) is 4.04. The van der Waals surface area contributed by atoms with Crippen molar-refractivity contribution in [1.29, 1.82) is 0 Å². The number of carboxylic acid groups (broad SMARTS) is 1. The zero-order valence-corrected chi connectivity index (χ0v) is 17.1. The average molecular weight is 459 g/mol. The van der Waals surface area contributed by atoms with Crippen LogP contribution in [0.15, 0.2) is 59.1 Å². The van der Waals surface area contributed by atoms with Crippen molar-refractivity contribution >= 4 is 61.6 Å². The Balaban J connectivity index is 1.83. The van der Waals surface area contributed by atoms with Crippen molar-refractivity contribution in [2.75, 3.05) is 12.4 Å². The van der Waals surface area contributed by atoms with Gasteiger partial charge in [0, 0.05) is 10.0 Å². The number of thiocarbonyl (C=S) groups is 1. The van der Waals surface area contributed by atoms with Crippen LogP contribution in [0.5, 0.6) is 5.75 Å². The minimum absolute atomic E-state index is 0.0258. The Morgan fingerprint density at radius 2 is 1.79 bits per heavy atom. The summed E-state index contributed by atoms with van der Waals surface area (Å²) < 4.78 is 6.09. The monoisotopic (exact) mass is 458 g/mol. The number of anilines is 1. The van der Waals surface area contributed by atoms with Crippen molar-refractivity contribution in [3.8, 4) is 5.75 Å². The van der Waals surface area contributed by atoms with E-state index in [4.69, 9.17) is 22.1 Å². The molecule has 0 heterocycles. The van der Waals surface area contributed by atoms with E-state index >= 15 is 0 Å². The molecular weight excluding hydrogens is 444 g/mol. The van der Waals surface area contributed by atoms with Crippen LogP contribution in [0.3, 0.4) is 0 Å². The molecule has 142 valence electrons. The highest BCUT2D eigenvalue weighted by atomic mass is 79.9. The maximum absolute atomic E-state index is 12.7. The van der Waals surface area contributed by atoms with E-state index in [1.165, 1.54) is 25.3 Å². The van der Waals surface area contributed by atoms with Gasteiger partial charge in [0.15, 0.2) is 5.11 Å². The van der Waals surface area contributed by atoms with Crippen molar-refractivity contribution in [1.82, 2.24) is 5.32 Å². The molecule has 0 aliphatic heterocycles. The number of ether oxygens (including phenoxy) is 1. The van der Waals surface area contributed by atoms with Gasteiger partial charge < -0.3 is 15.2 Å². The first-order valence-electron chi connectivity index (χ1n) is 8.11. The van der Waals surface area contributed by atoms with E-state index in [1.54, 1.807) is 12.1 Å². The lowest BCUT2D eigenvalue weighted by molar-refractivity contribution is 0.0696. The van der Waals surface area contributed by atoms with Crippen molar-refractivity contribution in [3.63, 3.8) is 0 Å². The summed E-state index contributed by atoms with van der Waals surface area (Å²) in [5, 5.41) is 16.3. The van der Waals surface area contributed by atoms with Crippen molar-refractivity contribution in [2.24, 2.45) is 0 Å². The molecule has 0 bridgehead atoms. The summed E-state index contributed by atoms with van der Waals surface area (Å²) in [6.45, 7) is 0. The maximum atomic E-state index is 12.7. The number of aromatic carboxylic acids is 1. The standard InChI is InChI=1S/C20H15BrN2O4S/c1-27-17-9-8-11(19(25)26)10-16(17)22-20(28)23-18(24)14-6-2-5-13-12(14)4-3-7-15(13)21/h2-10H,1H3,(H,25,26)(H2,22,23,24,28). The van der Waals surface area contributed by atoms with Crippen molar-refractivity contribution in [3.05, 3.63) is 70.2 Å². The van der Waals surface area contributed by atoms with E-state index < -0.39 is 5.97 Å². The van der Waals surface area contributed by atoms with Gasteiger partial charge in [-0.1, -0.05) is 40.2 Å². The highest BCUT2D eigenvalue weighted by molar-refractivity contribution is 9.10. The van der Waals surface area contributed by atoms with Gasteiger partial charge in [-0.3, -0.25) is 10.1 Å². The first-order chi connectivity index (χ1) is 13.4. The number of fused-ring (bicyclic) bond motifs is 1. The Morgan fingerprint density at radius 1 is 1.07 bits per heavy atom. The molecule has 0 unspecified atom stereocenters. The van der Waals surface area contributed by atoms with E-state index in [9.17, 15) is 9.59 Å². The molecule has 1 amide bonds. The van der Waals surface area contributed by atoms with Crippen LogP contribution in [0.1, 0.15) is 20.7 Å². The minimum atomic E-state index is -1.08. The van der Waals surface area contributed by atoms with Crippen LogP contribution in [0, 0.1) is 0 Å². The molecular formula is C20H15BrN2O4S. The first kappa shape index (κ1) is 19.8. The Bertz CT molecular complexity index is 1100. The third kappa shape index (κ3) is 4.13. The number of hydrogen-bond acceptors (Lipinski definition) is 4. The van der Waals surface area contributed by atoms with Gasteiger partial charge in [0.05, 0.1) is 18.4 Å². The molecule has 28 heavy (non-hydrogen) atoms. The predicted molar refractivity (Wildman–Crippen MR) is 115 cm³/mol. The highest BCUT2D eigenvalue weighted by Gasteiger charge is 2.14. The number of halogens is 1. The molecule has 0 aromatic heterocycles. The largest absolute Gasteiger partial charge is 0.495 e. The molecule has 3 rings (SSSR count). The summed E-state index contributed by atoms with van der Waals surface area (Å²) in [4.78, 5) is 23.9. The van der Waals surface area contributed by atoms with E-state index in [2.05, 4.69) is 26.6 Å². The lowest BCUT2D eigenvalue weighted by Crippen LogP contribution is -2.34. The van der Waals surface area contributed by atoms with Gasteiger partial charge in [-0.05, 0) is 53.3 Å². The van der Waals surface area contributed by atoms with Gasteiger partial charge >= 0.3 is 5.97 Å². The molecule has 0 aliphatic rings. The quantitative estimate of drug-likeness (QED) is 0.501. The van der Waals surface area contributed by atoms with Crippen LogP contribution in [-0.2, 0) is 0 Å². The zero-order valence-electron chi connectivity index (χ0n) is 14.7. The fourth-order valence-electron chi connectivity index (χ4n) is 2.73. The molecule has 0 saturated carbocycles. The lowest BCUT2D eigenvalue weighted by atomic mass is 10.0. The first-order valence-corrected chi connectivity index (χ1v) is 9.31. The number of carbonyl (C=O) groups is 2. The molecule has 0 atom stereocenters. The van der Waals surface area contributed by atoms with Crippen LogP contribution >= 0.6 is 28.1 Å². The second-order valence-corrected chi connectivity index (χ2v) is 7.03. The van der Waals surface area contributed by atoms with Gasteiger partial charge in [-0.25, -0.2) is 4.79 Å². The number of methoxy groups -OCH3 is 1. The molecule has 3 aromatic rings. The Morgan fingerprint density at radius 3 is 2.50 bits per heavy atom. The lowest BCUT2D eigenvalue weighted by Gasteiger charge is -2.14. The second-order valence-electron chi connectivity index (χ2n) is 5.77. The molecule has 0 aliphatic carbocycles. The van der Waals surface area contributed by atoms with E-state index in [0.29, 0.717) is 17.0 Å². The normalized spacial score (nSPS) is 10.4. The van der Waals surface area contributed by atoms with Gasteiger partial charge in [-0.15, -0.1) is 0 Å². The van der Waals surface area contributed by atoms with E-state index in [0.717, 1.165) is 15.2 Å². The fraction of sp³-hybridized carbons (Fsp3) is 0.0500. The number of carbonyl (C=O) groups excluding carboxylic acids is 1. The molecule has 3 aromatic carbocycles. The van der Waals surface area contributed by atoms with Crippen molar-refractivity contribution in [2.45, 2.75) is 0 Å². The van der Waals surface area contributed by atoms with Crippen molar-refractivity contribution < 1.29 is 19.4 Å². The SMILES string of the molecule is COc1ccc(C(=O)O)cc1NC(=S)NC(=O)c1cccc2c(Br)cccc12. The van der Waals surface area contributed by atoms with Crippen LogP contribution in [0.2, 0.25) is 0 Å². The van der Waals surface area contributed by atoms with Gasteiger partial charge in [0.1, 0.15) is 5.75 Å². The van der Waals surface area contributed by atoms with Gasteiger partial charge in [0.25, 0.3) is 5.91 Å². The molecule has 6 nitrogen and oxygen atoms in total. The summed E-state index contributed by atoms with van der Waals surface area (Å²) in [6, 6.07) is 15.3. The van der Waals surface area contributed by atoms with Gasteiger partial charge in [0.2, 0.25) is 0 Å². The minimum Gasteiger partial charge on any atom is -0.495 e. The summed E-state index contributed by atoms with van der Waals surface area (Å²) in [7, 11) is 1.45. The highest BCUT2D eigenvalue weighted by Crippen LogP contribution is 2.27. The third-order valence-corrected chi connectivity index (χ3v) is 4.93. The topological polar surface area (TPSA) is 87.7 Å². The van der Waals surface area contributed by atoms with Gasteiger partial charge in [-0.2, -0.15) is 0 Å². The molecule has 0 spiro atoms. The fourth-order valence-corrected chi connectivity index (χ4v) is 3.43. The number of rotatable bonds is 4. The summed E-state index contributed by atoms with van der Waals surface area (Å²) >= 11 is 8.70. The van der Waals surface area contributed by atoms with Crippen LogP contribution < -0.4 is 15.4 Å². The van der Waals surface area contributed by atoms with E-state index in [-0.39, 0.29) is 16.6 Å². The second kappa shape index (κ2) is 8.37. The number of carboxylic acids is 1. The Hall–Kier alpha value is -2.97. The summed E-state index contributed by atoms with van der Waals surface area (Å²) in [5.41, 5.74) is 0.874. The zero-order chi connectivity index (χ0) is 20.3. The van der Waals surface area contributed by atoms with Crippen LogP contribution in [0.4, 0.5) is 5.69 Å². The number of nitrogens with one attached hydrogen (secondary N) is 2. The number of amides is 1. The summed E-state index contributed by atoms with van der Waals surface area (Å²) in [6.07, 6.45) is 0. The molecule has 8 heteroatoms. The predicted octanol–water partition coefficient (Wildman–Crippen LogP) is 4.44. The van der Waals surface area contributed by atoms with Crippen LogP contribution in [-0.4, -0.2) is 29.2 Å². The molecule has 0 radical (unpaired) electrons.